The number of fused-ring (bicyclic) bond motifs is 1. The number of hydrogen-bond acceptors (Lipinski definition) is 3. The zero-order chi connectivity index (χ0) is 18.1. The molecule has 4 rings (SSSR count). The molecular formula is C19H22F2N4O. The average Bonchev–Trinajstić information content (AvgIpc) is 3.11. The number of carbonyl (C=O) groups excluding carboxylic acids is 1. The van der Waals surface area contributed by atoms with Crippen LogP contribution in [0.15, 0.2) is 30.5 Å². The van der Waals surface area contributed by atoms with E-state index in [1.165, 1.54) is 16.9 Å². The molecule has 1 amide bonds. The van der Waals surface area contributed by atoms with Crippen molar-refractivity contribution in [1.29, 1.82) is 0 Å². The zero-order valence-electron chi connectivity index (χ0n) is 14.4. The molecule has 1 aromatic carbocycles. The topological polar surface area (TPSA) is 59.0 Å². The summed E-state index contributed by atoms with van der Waals surface area (Å²) in [6.07, 6.45) is 5.77. The van der Waals surface area contributed by atoms with Gasteiger partial charge in [-0.2, -0.15) is 5.10 Å². The van der Waals surface area contributed by atoms with Crippen LogP contribution in [0.5, 0.6) is 0 Å². The Bertz CT molecular complexity index is 807. The van der Waals surface area contributed by atoms with Gasteiger partial charge in [0.05, 0.1) is 0 Å². The smallest absolute Gasteiger partial charge is 0.272 e. The highest BCUT2D eigenvalue weighted by Gasteiger charge is 2.33. The fourth-order valence-corrected chi connectivity index (χ4v) is 4.16. The first-order valence-corrected chi connectivity index (χ1v) is 9.13. The summed E-state index contributed by atoms with van der Waals surface area (Å²) in [5.41, 5.74) is 0.349. The number of hydrogen-bond donors (Lipinski definition) is 2. The number of aromatic nitrogens is 2. The van der Waals surface area contributed by atoms with E-state index in [0.717, 1.165) is 56.8 Å². The molecule has 2 N–H and O–H groups in total. The van der Waals surface area contributed by atoms with Crippen LogP contribution >= 0.6 is 0 Å². The van der Waals surface area contributed by atoms with Gasteiger partial charge in [-0.1, -0.05) is 0 Å². The second-order valence-electron chi connectivity index (χ2n) is 7.24. The van der Waals surface area contributed by atoms with Crippen LogP contribution in [-0.4, -0.2) is 34.8 Å². The van der Waals surface area contributed by atoms with E-state index >= 15 is 0 Å². The predicted octanol–water partition coefficient (Wildman–Crippen LogP) is 2.66. The maximum atomic E-state index is 13.9. The molecule has 3 atom stereocenters. The molecule has 1 aliphatic carbocycles. The van der Waals surface area contributed by atoms with Crippen molar-refractivity contribution in [3.05, 3.63) is 47.8 Å². The Kier molecular flexibility index (Phi) is 4.72. The lowest BCUT2D eigenvalue weighted by atomic mass is 9.73. The number of benzene rings is 1. The van der Waals surface area contributed by atoms with Crippen LogP contribution in [0.3, 0.4) is 0 Å². The average molecular weight is 360 g/mol. The van der Waals surface area contributed by atoms with E-state index in [9.17, 15) is 13.6 Å². The second-order valence-corrected chi connectivity index (χ2v) is 7.24. The Balaban J connectivity index is 1.42. The number of nitrogens with zero attached hydrogens (tertiary/aromatic N) is 2. The SMILES string of the molecule is O=C(NC1CCC2CNCCC2C1)c1ccn(-c2ccc(F)cc2F)n1. The van der Waals surface area contributed by atoms with E-state index < -0.39 is 11.6 Å². The van der Waals surface area contributed by atoms with E-state index in [-0.39, 0.29) is 23.3 Å². The van der Waals surface area contributed by atoms with Crippen molar-refractivity contribution in [2.24, 2.45) is 11.8 Å². The van der Waals surface area contributed by atoms with E-state index in [0.29, 0.717) is 5.92 Å². The van der Waals surface area contributed by atoms with Gasteiger partial charge in [0.2, 0.25) is 0 Å². The van der Waals surface area contributed by atoms with Crippen LogP contribution in [-0.2, 0) is 0 Å². The summed E-state index contributed by atoms with van der Waals surface area (Å²) < 4.78 is 28.2. The molecule has 7 heteroatoms. The summed E-state index contributed by atoms with van der Waals surface area (Å²) >= 11 is 0. The summed E-state index contributed by atoms with van der Waals surface area (Å²) in [5.74, 6) is -0.225. The lowest BCUT2D eigenvalue weighted by Crippen LogP contribution is -2.46. The number of nitrogens with one attached hydrogen (secondary N) is 2. The molecule has 1 aliphatic heterocycles. The first kappa shape index (κ1) is 17.1. The maximum Gasteiger partial charge on any atom is 0.272 e. The van der Waals surface area contributed by atoms with E-state index in [1.54, 1.807) is 6.07 Å². The Morgan fingerprint density at radius 3 is 2.92 bits per heavy atom. The molecule has 5 nitrogen and oxygen atoms in total. The third kappa shape index (κ3) is 3.49. The van der Waals surface area contributed by atoms with E-state index in [1.807, 2.05) is 0 Å². The van der Waals surface area contributed by atoms with Crippen molar-refractivity contribution < 1.29 is 13.6 Å². The number of amides is 1. The summed E-state index contributed by atoms with van der Waals surface area (Å²) in [4.78, 5) is 12.5. The molecule has 26 heavy (non-hydrogen) atoms. The molecule has 0 spiro atoms. The predicted molar refractivity (Wildman–Crippen MR) is 93.1 cm³/mol. The van der Waals surface area contributed by atoms with Gasteiger partial charge in [0.25, 0.3) is 5.91 Å². The van der Waals surface area contributed by atoms with Gasteiger partial charge in [0, 0.05) is 18.3 Å². The normalized spacial score (nSPS) is 25.5. The summed E-state index contributed by atoms with van der Waals surface area (Å²) in [7, 11) is 0. The van der Waals surface area contributed by atoms with Gasteiger partial charge in [-0.3, -0.25) is 4.79 Å². The summed E-state index contributed by atoms with van der Waals surface area (Å²) in [5, 5.41) is 10.7. The van der Waals surface area contributed by atoms with E-state index in [4.69, 9.17) is 0 Å². The third-order valence-corrected chi connectivity index (χ3v) is 5.55. The number of halogens is 2. The molecule has 2 fully saturated rings. The largest absolute Gasteiger partial charge is 0.348 e. The summed E-state index contributed by atoms with van der Waals surface area (Å²) in [6, 6.07) is 4.98. The number of carbonyl (C=O) groups is 1. The van der Waals surface area contributed by atoms with Crippen LogP contribution in [0.4, 0.5) is 8.78 Å². The zero-order valence-corrected chi connectivity index (χ0v) is 14.4. The fourth-order valence-electron chi connectivity index (χ4n) is 4.16. The molecule has 0 radical (unpaired) electrons. The molecular weight excluding hydrogens is 338 g/mol. The van der Waals surface area contributed by atoms with E-state index in [2.05, 4.69) is 15.7 Å². The Labute approximate surface area is 150 Å². The second kappa shape index (κ2) is 7.15. The molecule has 3 unspecified atom stereocenters. The van der Waals surface area contributed by atoms with Crippen LogP contribution < -0.4 is 10.6 Å². The highest BCUT2D eigenvalue weighted by molar-refractivity contribution is 5.92. The van der Waals surface area contributed by atoms with Gasteiger partial charge in [-0.25, -0.2) is 13.5 Å². The lowest BCUT2D eigenvalue weighted by Gasteiger charge is -2.39. The molecule has 0 bridgehead atoms. The van der Waals surface area contributed by atoms with Gasteiger partial charge in [-0.15, -0.1) is 0 Å². The maximum absolute atomic E-state index is 13.9. The van der Waals surface area contributed by atoms with Crippen LogP contribution in [0.1, 0.15) is 36.2 Å². The van der Waals surface area contributed by atoms with Crippen LogP contribution in [0, 0.1) is 23.5 Å². The molecule has 1 saturated carbocycles. The molecule has 1 aromatic heterocycles. The fraction of sp³-hybridized carbons (Fsp3) is 0.474. The lowest BCUT2D eigenvalue weighted by molar-refractivity contribution is 0.0883. The highest BCUT2D eigenvalue weighted by Crippen LogP contribution is 2.34. The first-order valence-electron chi connectivity index (χ1n) is 9.13. The van der Waals surface area contributed by atoms with Crippen molar-refractivity contribution >= 4 is 5.91 Å². The highest BCUT2D eigenvalue weighted by atomic mass is 19.1. The van der Waals surface area contributed by atoms with Crippen molar-refractivity contribution in [1.82, 2.24) is 20.4 Å². The third-order valence-electron chi connectivity index (χ3n) is 5.55. The van der Waals surface area contributed by atoms with Crippen molar-refractivity contribution in [3.63, 3.8) is 0 Å². The minimum Gasteiger partial charge on any atom is -0.348 e. The molecule has 1 saturated heterocycles. The van der Waals surface area contributed by atoms with Gasteiger partial charge in [0.15, 0.2) is 11.5 Å². The minimum absolute atomic E-state index is 0.112. The van der Waals surface area contributed by atoms with Gasteiger partial charge in [0.1, 0.15) is 11.5 Å². The van der Waals surface area contributed by atoms with Crippen LogP contribution in [0.25, 0.3) is 5.69 Å². The quantitative estimate of drug-likeness (QED) is 0.885. The van der Waals surface area contributed by atoms with Gasteiger partial charge < -0.3 is 10.6 Å². The Morgan fingerprint density at radius 2 is 2.08 bits per heavy atom. The standard InChI is InChI=1S/C19H22F2N4O/c20-14-2-4-18(16(21)10-14)25-8-6-17(24-25)19(26)23-15-3-1-13-11-22-7-5-12(13)9-15/h2,4,6,8,10,12-13,15,22H,1,3,5,7,9,11H2,(H,23,26). The number of rotatable bonds is 3. The minimum atomic E-state index is -0.718. The van der Waals surface area contributed by atoms with Crippen LogP contribution in [0.2, 0.25) is 0 Å². The van der Waals surface area contributed by atoms with Crippen molar-refractivity contribution in [2.45, 2.75) is 31.7 Å². The first-order chi connectivity index (χ1) is 12.6. The van der Waals surface area contributed by atoms with Crippen molar-refractivity contribution in [2.75, 3.05) is 13.1 Å². The molecule has 2 aliphatic rings. The van der Waals surface area contributed by atoms with Gasteiger partial charge in [-0.05, 0) is 68.8 Å². The monoisotopic (exact) mass is 360 g/mol. The molecule has 2 heterocycles. The summed E-state index contributed by atoms with van der Waals surface area (Å²) in [6.45, 7) is 2.13. The van der Waals surface area contributed by atoms with Gasteiger partial charge >= 0.3 is 0 Å². The molecule has 2 aromatic rings. The molecule has 138 valence electrons. The van der Waals surface area contributed by atoms with Crippen molar-refractivity contribution in [3.8, 4) is 5.69 Å². The number of piperidine rings is 1. The Hall–Kier alpha value is -2.28. The Morgan fingerprint density at radius 1 is 1.19 bits per heavy atom.